The molecule has 11 heteroatoms. The van der Waals surface area contributed by atoms with Crippen LogP contribution in [-0.4, -0.2) is 56.4 Å². The summed E-state index contributed by atoms with van der Waals surface area (Å²) in [6.07, 6.45) is 1.62. The Morgan fingerprint density at radius 1 is 1.28 bits per heavy atom. The van der Waals surface area contributed by atoms with Gasteiger partial charge in [0.15, 0.2) is 5.69 Å². The summed E-state index contributed by atoms with van der Waals surface area (Å²) in [5.41, 5.74) is 13.1. The van der Waals surface area contributed by atoms with Crippen molar-refractivity contribution in [3.63, 3.8) is 0 Å². The minimum atomic E-state index is -0.498. The highest BCUT2D eigenvalue weighted by atomic mass is 16.6. The summed E-state index contributed by atoms with van der Waals surface area (Å²) < 4.78 is 5.95. The van der Waals surface area contributed by atoms with Crippen molar-refractivity contribution in [2.24, 2.45) is 5.10 Å². The maximum absolute atomic E-state index is 12.7. The zero-order chi connectivity index (χ0) is 21.1. The molecule has 152 valence electrons. The maximum Gasteiger partial charge on any atom is 0.293 e. The summed E-state index contributed by atoms with van der Waals surface area (Å²) in [5, 5.41) is 19.3. The van der Waals surface area contributed by atoms with Gasteiger partial charge in [0.2, 0.25) is 11.6 Å². The maximum atomic E-state index is 12.7. The quantitative estimate of drug-likeness (QED) is 0.463. The third-order valence-corrected chi connectivity index (χ3v) is 4.24. The van der Waals surface area contributed by atoms with Crippen molar-refractivity contribution in [3.8, 4) is 5.82 Å². The second-order valence-electron chi connectivity index (χ2n) is 7.02. The first-order chi connectivity index (χ1) is 13.8. The Balaban J connectivity index is 1.86. The highest BCUT2D eigenvalue weighted by Crippen LogP contribution is 2.17. The van der Waals surface area contributed by atoms with Gasteiger partial charge in [-0.3, -0.25) is 4.79 Å². The number of nitrogens with zero attached hydrogens (tertiary/aromatic N) is 7. The van der Waals surface area contributed by atoms with Crippen molar-refractivity contribution >= 4 is 17.9 Å². The number of benzene rings is 1. The molecular formula is C18H23N9O2. The van der Waals surface area contributed by atoms with E-state index in [0.29, 0.717) is 12.2 Å². The van der Waals surface area contributed by atoms with Gasteiger partial charge in [-0.2, -0.15) is 9.78 Å². The summed E-state index contributed by atoms with van der Waals surface area (Å²) in [5.74, 6) is -0.283. The van der Waals surface area contributed by atoms with E-state index in [-0.39, 0.29) is 17.3 Å². The molecule has 3 aromatic rings. The smallest absolute Gasteiger partial charge is 0.293 e. The fraction of sp³-hybridized carbons (Fsp3) is 0.333. The van der Waals surface area contributed by atoms with E-state index in [0.717, 1.165) is 16.7 Å². The first kappa shape index (κ1) is 20.1. The van der Waals surface area contributed by atoms with Crippen LogP contribution in [0.1, 0.15) is 38.4 Å². The summed E-state index contributed by atoms with van der Waals surface area (Å²) in [6.45, 7) is 6.40. The molecule has 3 rings (SSSR count). The van der Waals surface area contributed by atoms with Gasteiger partial charge < -0.3 is 10.6 Å². The molecule has 3 N–H and O–H groups in total. The number of nitrogen functional groups attached to an aromatic ring is 1. The van der Waals surface area contributed by atoms with Crippen molar-refractivity contribution in [2.75, 3.05) is 19.8 Å². The minimum Gasteiger partial charge on any atom is -0.378 e. The van der Waals surface area contributed by atoms with E-state index in [4.69, 9.17) is 5.73 Å². The molecule has 11 nitrogen and oxygen atoms in total. The van der Waals surface area contributed by atoms with Crippen LogP contribution in [-0.2, 0) is 6.54 Å². The number of hydrogen-bond acceptors (Lipinski definition) is 9. The van der Waals surface area contributed by atoms with Crippen molar-refractivity contribution in [1.82, 2.24) is 35.6 Å². The molecule has 0 fully saturated rings. The number of nitrogens with one attached hydrogen (secondary N) is 1. The lowest BCUT2D eigenvalue weighted by Gasteiger charge is -2.11. The second-order valence-corrected chi connectivity index (χ2v) is 7.02. The van der Waals surface area contributed by atoms with Gasteiger partial charge in [0, 0.05) is 12.1 Å². The van der Waals surface area contributed by atoms with Gasteiger partial charge in [-0.15, -0.1) is 5.10 Å². The highest BCUT2D eigenvalue weighted by molar-refractivity contribution is 5.94. The van der Waals surface area contributed by atoms with Crippen LogP contribution in [0.15, 0.2) is 21.9 Å². The molecule has 2 heterocycles. The van der Waals surface area contributed by atoms with Crippen LogP contribution >= 0.6 is 0 Å². The fourth-order valence-electron chi connectivity index (χ4n) is 3.03. The summed E-state index contributed by atoms with van der Waals surface area (Å²) in [7, 11) is 3.70. The van der Waals surface area contributed by atoms with Gasteiger partial charge in [0.05, 0.1) is 11.9 Å². The summed E-state index contributed by atoms with van der Waals surface area (Å²) in [6, 6.07) is 4.13. The molecule has 0 radical (unpaired) electrons. The predicted molar refractivity (Wildman–Crippen MR) is 107 cm³/mol. The number of carbonyl (C=O) groups excluding carboxylic acids is 1. The lowest BCUT2D eigenvalue weighted by molar-refractivity contribution is 0.0948. The molecule has 0 bridgehead atoms. The average molecular weight is 397 g/mol. The van der Waals surface area contributed by atoms with Crippen molar-refractivity contribution in [2.45, 2.75) is 27.3 Å². The van der Waals surface area contributed by atoms with Gasteiger partial charge in [0.25, 0.3) is 5.91 Å². The van der Waals surface area contributed by atoms with Crippen LogP contribution in [0.5, 0.6) is 0 Å². The van der Waals surface area contributed by atoms with Crippen LogP contribution in [0, 0.1) is 20.8 Å². The Kier molecular flexibility index (Phi) is 5.69. The van der Waals surface area contributed by atoms with Gasteiger partial charge in [-0.25, -0.2) is 10.1 Å². The van der Waals surface area contributed by atoms with Crippen LogP contribution in [0.3, 0.4) is 0 Å². The molecule has 2 aromatic heterocycles. The topological polar surface area (TPSA) is 140 Å². The lowest BCUT2D eigenvalue weighted by atomic mass is 10.0. The normalized spacial score (nSPS) is 11.5. The van der Waals surface area contributed by atoms with Crippen molar-refractivity contribution in [3.05, 3.63) is 45.8 Å². The molecule has 0 aliphatic carbocycles. The van der Waals surface area contributed by atoms with E-state index in [9.17, 15) is 4.79 Å². The van der Waals surface area contributed by atoms with Crippen LogP contribution in [0.25, 0.3) is 5.82 Å². The van der Waals surface area contributed by atoms with E-state index in [1.165, 1.54) is 10.2 Å². The Morgan fingerprint density at radius 3 is 2.55 bits per heavy atom. The number of carbonyl (C=O) groups is 1. The number of amides is 1. The van der Waals surface area contributed by atoms with E-state index < -0.39 is 5.91 Å². The zero-order valence-electron chi connectivity index (χ0n) is 17.0. The second kappa shape index (κ2) is 8.19. The minimum absolute atomic E-state index is 0.0465. The molecule has 0 saturated heterocycles. The zero-order valence-corrected chi connectivity index (χ0v) is 17.0. The first-order valence-corrected chi connectivity index (χ1v) is 8.87. The number of hydrazone groups is 1. The predicted octanol–water partition coefficient (Wildman–Crippen LogP) is 0.983. The number of rotatable bonds is 6. The number of hydrogen-bond donors (Lipinski definition) is 2. The van der Waals surface area contributed by atoms with Crippen LogP contribution in [0.2, 0.25) is 0 Å². The molecule has 29 heavy (non-hydrogen) atoms. The lowest BCUT2D eigenvalue weighted by Crippen LogP contribution is -2.23. The Labute approximate surface area is 167 Å². The first-order valence-electron chi connectivity index (χ1n) is 8.87. The summed E-state index contributed by atoms with van der Waals surface area (Å²) in [4.78, 5) is 14.5. The third kappa shape index (κ3) is 4.29. The molecule has 1 amide bonds. The monoisotopic (exact) mass is 397 g/mol. The van der Waals surface area contributed by atoms with Gasteiger partial charge >= 0.3 is 0 Å². The molecule has 0 saturated carbocycles. The van der Waals surface area contributed by atoms with Gasteiger partial charge in [-0.1, -0.05) is 22.9 Å². The van der Waals surface area contributed by atoms with E-state index in [1.54, 1.807) is 6.21 Å². The number of nitrogens with two attached hydrogens (primary N) is 1. The molecule has 0 aliphatic heterocycles. The van der Waals surface area contributed by atoms with Crippen molar-refractivity contribution in [1.29, 1.82) is 0 Å². The largest absolute Gasteiger partial charge is 0.378 e. The number of anilines is 1. The molecule has 1 aromatic carbocycles. The molecule has 0 unspecified atom stereocenters. The molecule has 0 atom stereocenters. The van der Waals surface area contributed by atoms with Gasteiger partial charge in [0.1, 0.15) is 0 Å². The Bertz CT molecular complexity index is 1040. The SMILES string of the molecule is Cc1cc(C)c(C=NNC(=O)c2nnn(-c3nonc3N)c2CN(C)C)c(C)c1. The standard InChI is InChI=1S/C18H23N9O2/c1-10-6-11(2)13(12(3)7-10)8-20-22-18(28)15-14(9-26(4)5)27(25-21-15)17-16(19)23-29-24-17/h6-8H,9H2,1-5H3,(H2,19,23)(H,22,28). The third-order valence-electron chi connectivity index (χ3n) is 4.24. The molecular weight excluding hydrogens is 374 g/mol. The van der Waals surface area contributed by atoms with Crippen molar-refractivity contribution < 1.29 is 9.42 Å². The molecule has 0 spiro atoms. The number of aryl methyl sites for hydroxylation is 3. The van der Waals surface area contributed by atoms with Crippen LogP contribution in [0.4, 0.5) is 5.82 Å². The summed E-state index contributed by atoms with van der Waals surface area (Å²) >= 11 is 0. The highest BCUT2D eigenvalue weighted by Gasteiger charge is 2.24. The van der Waals surface area contributed by atoms with Crippen LogP contribution < -0.4 is 11.2 Å². The number of aromatic nitrogens is 5. The van der Waals surface area contributed by atoms with E-state index >= 15 is 0 Å². The Morgan fingerprint density at radius 2 is 1.97 bits per heavy atom. The Hall–Kier alpha value is -3.60. The van der Waals surface area contributed by atoms with E-state index in [2.05, 4.69) is 47.9 Å². The fourth-order valence-corrected chi connectivity index (χ4v) is 3.03. The molecule has 0 aliphatic rings. The average Bonchev–Trinajstić information content (AvgIpc) is 3.22. The van der Waals surface area contributed by atoms with Gasteiger partial charge in [-0.05, 0) is 56.3 Å². The van der Waals surface area contributed by atoms with E-state index in [1.807, 2.05) is 39.8 Å².